The number of hydrogen-bond donors (Lipinski definition) is 1. The highest BCUT2D eigenvalue weighted by atomic mass is 15.3. The van der Waals surface area contributed by atoms with Gasteiger partial charge in [0.1, 0.15) is 17.5 Å². The summed E-state index contributed by atoms with van der Waals surface area (Å²) in [5, 5.41) is 3.16. The molecule has 2 aliphatic rings. The molecule has 1 N–H and O–H groups in total. The van der Waals surface area contributed by atoms with Gasteiger partial charge in [-0.2, -0.15) is 0 Å². The van der Waals surface area contributed by atoms with Crippen LogP contribution >= 0.6 is 0 Å². The fourth-order valence-corrected chi connectivity index (χ4v) is 2.56. The van der Waals surface area contributed by atoms with Crippen molar-refractivity contribution in [2.45, 2.75) is 25.7 Å². The Bertz CT molecular complexity index is 435. The maximum atomic E-state index is 4.77. The summed E-state index contributed by atoms with van der Waals surface area (Å²) in [5.74, 6) is 3.67. The quantitative estimate of drug-likeness (QED) is 0.890. The van der Waals surface area contributed by atoms with E-state index in [2.05, 4.69) is 33.1 Å². The van der Waals surface area contributed by atoms with Gasteiger partial charge in [-0.05, 0) is 19.4 Å². The summed E-state index contributed by atoms with van der Waals surface area (Å²) in [6.07, 6.45) is 2.49. The summed E-state index contributed by atoms with van der Waals surface area (Å²) >= 11 is 0. The van der Waals surface area contributed by atoms with Crippen LogP contribution in [0.5, 0.6) is 0 Å². The van der Waals surface area contributed by atoms with Crippen LogP contribution in [-0.4, -0.2) is 54.6 Å². The maximum absolute atomic E-state index is 4.77. The molecule has 5 heteroatoms. The Balaban J connectivity index is 1.77. The van der Waals surface area contributed by atoms with Gasteiger partial charge in [0, 0.05) is 45.2 Å². The molecule has 1 aliphatic heterocycles. The first-order valence-corrected chi connectivity index (χ1v) is 7.34. The van der Waals surface area contributed by atoms with E-state index in [1.165, 1.54) is 12.8 Å². The van der Waals surface area contributed by atoms with E-state index in [0.717, 1.165) is 50.2 Å². The first-order valence-electron chi connectivity index (χ1n) is 7.34. The Hall–Kier alpha value is -1.36. The Morgan fingerprint density at radius 1 is 1.21 bits per heavy atom. The van der Waals surface area contributed by atoms with Gasteiger partial charge < -0.3 is 15.1 Å². The molecule has 0 bridgehead atoms. The van der Waals surface area contributed by atoms with Crippen LogP contribution in [0.3, 0.4) is 0 Å². The Kier molecular flexibility index (Phi) is 3.55. The topological polar surface area (TPSA) is 44.3 Å². The molecular formula is C14H23N5. The normalized spacial score (nSPS) is 20.6. The number of rotatable bonds is 4. The number of piperazine rings is 1. The number of anilines is 2. The zero-order valence-corrected chi connectivity index (χ0v) is 11.9. The minimum absolute atomic E-state index is 0.601. The van der Waals surface area contributed by atoms with Crippen molar-refractivity contribution < 1.29 is 0 Å². The van der Waals surface area contributed by atoms with E-state index >= 15 is 0 Å². The SMILES string of the molecule is CCN1CCN(c2cc(NC)nc(C3CC3)n2)CC1. The standard InChI is InChI=1S/C14H23N5/c1-3-18-6-8-19(9-7-18)13-10-12(15-2)16-14(17-13)11-4-5-11/h10-11H,3-9H2,1-2H3,(H,15,16,17). The molecule has 0 atom stereocenters. The monoisotopic (exact) mass is 261 g/mol. The molecule has 0 radical (unpaired) electrons. The van der Waals surface area contributed by atoms with Crippen molar-refractivity contribution in [3.8, 4) is 0 Å². The molecule has 19 heavy (non-hydrogen) atoms. The Morgan fingerprint density at radius 3 is 2.53 bits per heavy atom. The van der Waals surface area contributed by atoms with Crippen LogP contribution in [0.1, 0.15) is 31.5 Å². The first-order chi connectivity index (χ1) is 9.30. The third-order valence-electron chi connectivity index (χ3n) is 4.07. The molecule has 104 valence electrons. The minimum atomic E-state index is 0.601. The molecule has 5 nitrogen and oxygen atoms in total. The second-order valence-corrected chi connectivity index (χ2v) is 5.42. The summed E-state index contributed by atoms with van der Waals surface area (Å²) in [6.45, 7) is 7.77. The third kappa shape index (κ3) is 2.81. The lowest BCUT2D eigenvalue weighted by Gasteiger charge is -2.35. The molecule has 2 fully saturated rings. The van der Waals surface area contributed by atoms with Crippen LogP contribution in [0.15, 0.2) is 6.07 Å². The van der Waals surface area contributed by atoms with Crippen LogP contribution in [0.25, 0.3) is 0 Å². The number of nitrogens with one attached hydrogen (secondary N) is 1. The lowest BCUT2D eigenvalue weighted by Crippen LogP contribution is -2.46. The highest BCUT2D eigenvalue weighted by molar-refractivity contribution is 5.50. The lowest BCUT2D eigenvalue weighted by atomic mass is 10.3. The third-order valence-corrected chi connectivity index (χ3v) is 4.07. The van der Waals surface area contributed by atoms with Crippen molar-refractivity contribution in [2.24, 2.45) is 0 Å². The fourth-order valence-electron chi connectivity index (χ4n) is 2.56. The van der Waals surface area contributed by atoms with Gasteiger partial charge in [0.25, 0.3) is 0 Å². The summed E-state index contributed by atoms with van der Waals surface area (Å²) in [7, 11) is 1.93. The molecule has 1 saturated heterocycles. The van der Waals surface area contributed by atoms with E-state index in [0.29, 0.717) is 5.92 Å². The molecule has 1 aromatic rings. The van der Waals surface area contributed by atoms with Gasteiger partial charge in [-0.25, -0.2) is 9.97 Å². The summed E-state index contributed by atoms with van der Waals surface area (Å²) in [5.41, 5.74) is 0. The van der Waals surface area contributed by atoms with Gasteiger partial charge in [-0.1, -0.05) is 6.92 Å². The molecule has 0 unspecified atom stereocenters. The highest BCUT2D eigenvalue weighted by Gasteiger charge is 2.28. The van der Waals surface area contributed by atoms with Crippen LogP contribution < -0.4 is 10.2 Å². The molecule has 2 heterocycles. The second kappa shape index (κ2) is 5.33. The molecule has 3 rings (SSSR count). The predicted octanol–water partition coefficient (Wildman–Crippen LogP) is 1.54. The molecule has 0 spiro atoms. The Morgan fingerprint density at radius 2 is 1.95 bits per heavy atom. The molecular weight excluding hydrogens is 238 g/mol. The molecule has 1 aliphatic carbocycles. The minimum Gasteiger partial charge on any atom is -0.373 e. The van der Waals surface area contributed by atoms with Crippen molar-refractivity contribution in [1.82, 2.24) is 14.9 Å². The van der Waals surface area contributed by atoms with E-state index in [4.69, 9.17) is 4.98 Å². The summed E-state index contributed by atoms with van der Waals surface area (Å²) in [4.78, 5) is 14.2. The lowest BCUT2D eigenvalue weighted by molar-refractivity contribution is 0.270. The Labute approximate surface area is 115 Å². The van der Waals surface area contributed by atoms with Gasteiger partial charge in [0.15, 0.2) is 0 Å². The number of nitrogens with zero attached hydrogens (tertiary/aromatic N) is 4. The average Bonchev–Trinajstić information content (AvgIpc) is 3.31. The van der Waals surface area contributed by atoms with E-state index in [-0.39, 0.29) is 0 Å². The van der Waals surface area contributed by atoms with Crippen LogP contribution in [0.4, 0.5) is 11.6 Å². The van der Waals surface area contributed by atoms with Crippen LogP contribution in [0, 0.1) is 0 Å². The molecule has 0 aromatic carbocycles. The van der Waals surface area contributed by atoms with Crippen molar-refractivity contribution in [1.29, 1.82) is 0 Å². The predicted molar refractivity (Wildman–Crippen MR) is 77.9 cm³/mol. The van der Waals surface area contributed by atoms with Crippen LogP contribution in [0.2, 0.25) is 0 Å². The van der Waals surface area contributed by atoms with E-state index in [1.54, 1.807) is 0 Å². The summed E-state index contributed by atoms with van der Waals surface area (Å²) in [6, 6.07) is 2.08. The van der Waals surface area contributed by atoms with Gasteiger partial charge in [0.2, 0.25) is 0 Å². The van der Waals surface area contributed by atoms with Crippen molar-refractivity contribution >= 4 is 11.6 Å². The highest BCUT2D eigenvalue weighted by Crippen LogP contribution is 2.39. The molecule has 1 saturated carbocycles. The second-order valence-electron chi connectivity index (χ2n) is 5.42. The van der Waals surface area contributed by atoms with Gasteiger partial charge >= 0.3 is 0 Å². The summed E-state index contributed by atoms with van der Waals surface area (Å²) < 4.78 is 0. The van der Waals surface area contributed by atoms with Gasteiger partial charge in [0.05, 0.1) is 0 Å². The van der Waals surface area contributed by atoms with E-state index in [1.807, 2.05) is 7.05 Å². The molecule has 0 amide bonds. The van der Waals surface area contributed by atoms with Gasteiger partial charge in [-0.3, -0.25) is 0 Å². The van der Waals surface area contributed by atoms with Crippen molar-refractivity contribution in [2.75, 3.05) is 50.0 Å². The average molecular weight is 261 g/mol. The van der Waals surface area contributed by atoms with E-state index in [9.17, 15) is 0 Å². The van der Waals surface area contributed by atoms with Crippen molar-refractivity contribution in [3.63, 3.8) is 0 Å². The van der Waals surface area contributed by atoms with E-state index < -0.39 is 0 Å². The maximum Gasteiger partial charge on any atom is 0.136 e. The van der Waals surface area contributed by atoms with Gasteiger partial charge in [-0.15, -0.1) is 0 Å². The first kappa shape index (κ1) is 12.7. The van der Waals surface area contributed by atoms with Crippen molar-refractivity contribution in [3.05, 3.63) is 11.9 Å². The smallest absolute Gasteiger partial charge is 0.136 e. The largest absolute Gasteiger partial charge is 0.373 e. The number of aromatic nitrogens is 2. The van der Waals surface area contributed by atoms with Crippen LogP contribution in [-0.2, 0) is 0 Å². The fraction of sp³-hybridized carbons (Fsp3) is 0.714. The molecule has 1 aromatic heterocycles. The zero-order chi connectivity index (χ0) is 13.2. The number of likely N-dealkylation sites (N-methyl/N-ethyl adjacent to an activating group) is 1. The number of hydrogen-bond acceptors (Lipinski definition) is 5. The zero-order valence-electron chi connectivity index (χ0n) is 11.9.